The summed E-state index contributed by atoms with van der Waals surface area (Å²) < 4.78 is 26.6. The number of hydrogen-bond donors (Lipinski definition) is 1. The second kappa shape index (κ2) is 4.03. The number of nitrogens with two attached hydrogens (primary N) is 1. The molecule has 4 nitrogen and oxygen atoms in total. The molecule has 0 atom stereocenters. The van der Waals surface area contributed by atoms with Crippen LogP contribution >= 0.6 is 0 Å². The molecule has 0 amide bonds. The lowest BCUT2D eigenvalue weighted by molar-refractivity contribution is 0.176. The van der Waals surface area contributed by atoms with Gasteiger partial charge in [-0.05, 0) is 18.4 Å². The van der Waals surface area contributed by atoms with Crippen LogP contribution in [0.1, 0.15) is 6.92 Å². The van der Waals surface area contributed by atoms with E-state index >= 15 is 0 Å². The SMILES string of the molecule is CC1(N)CN(S(=O)(=O)c2cccc3ccccc23)C1. The first kappa shape index (κ1) is 12.6. The van der Waals surface area contributed by atoms with Gasteiger partial charge in [0.15, 0.2) is 0 Å². The minimum Gasteiger partial charge on any atom is -0.323 e. The van der Waals surface area contributed by atoms with Gasteiger partial charge >= 0.3 is 0 Å². The Balaban J connectivity index is 2.10. The summed E-state index contributed by atoms with van der Waals surface area (Å²) in [7, 11) is -3.45. The number of rotatable bonds is 2. The zero-order valence-electron chi connectivity index (χ0n) is 10.7. The molecule has 1 aliphatic rings. The molecule has 0 unspecified atom stereocenters. The monoisotopic (exact) mass is 276 g/mol. The summed E-state index contributed by atoms with van der Waals surface area (Å²) in [4.78, 5) is 0.362. The van der Waals surface area contributed by atoms with E-state index in [1.165, 1.54) is 4.31 Å². The second-order valence-electron chi connectivity index (χ2n) is 5.40. The highest BCUT2D eigenvalue weighted by Crippen LogP contribution is 2.30. The van der Waals surface area contributed by atoms with Crippen LogP contribution in [0.15, 0.2) is 47.4 Å². The van der Waals surface area contributed by atoms with Gasteiger partial charge in [-0.15, -0.1) is 0 Å². The van der Waals surface area contributed by atoms with Gasteiger partial charge in [-0.2, -0.15) is 4.31 Å². The average Bonchev–Trinajstić information content (AvgIpc) is 2.35. The van der Waals surface area contributed by atoms with Crippen LogP contribution in [0, 0.1) is 0 Å². The van der Waals surface area contributed by atoms with Crippen molar-refractivity contribution in [1.82, 2.24) is 4.31 Å². The third kappa shape index (κ3) is 2.04. The first-order valence-corrected chi connectivity index (χ1v) is 7.61. The highest BCUT2D eigenvalue weighted by Gasteiger charge is 2.42. The molecule has 1 heterocycles. The molecule has 0 aromatic heterocycles. The summed E-state index contributed by atoms with van der Waals surface area (Å²) in [5, 5.41) is 1.69. The van der Waals surface area contributed by atoms with Crippen molar-refractivity contribution in [3.63, 3.8) is 0 Å². The Hall–Kier alpha value is -1.43. The van der Waals surface area contributed by atoms with Crippen LogP contribution in [0.25, 0.3) is 10.8 Å². The molecule has 0 radical (unpaired) electrons. The van der Waals surface area contributed by atoms with Crippen molar-refractivity contribution in [2.45, 2.75) is 17.4 Å². The van der Waals surface area contributed by atoms with E-state index < -0.39 is 15.6 Å². The largest absolute Gasteiger partial charge is 0.323 e. The molecule has 2 N–H and O–H groups in total. The van der Waals surface area contributed by atoms with Gasteiger partial charge in [0.25, 0.3) is 0 Å². The maximum absolute atomic E-state index is 12.6. The van der Waals surface area contributed by atoms with Crippen LogP contribution in [0.4, 0.5) is 0 Å². The van der Waals surface area contributed by atoms with Crippen LogP contribution in [0.3, 0.4) is 0 Å². The third-order valence-corrected chi connectivity index (χ3v) is 5.29. The molecule has 2 aromatic carbocycles. The molecule has 0 bridgehead atoms. The quantitative estimate of drug-likeness (QED) is 0.905. The van der Waals surface area contributed by atoms with E-state index in [9.17, 15) is 8.42 Å². The molecule has 5 heteroatoms. The van der Waals surface area contributed by atoms with Crippen molar-refractivity contribution in [2.24, 2.45) is 5.73 Å². The molecule has 0 spiro atoms. The first-order valence-electron chi connectivity index (χ1n) is 6.17. The molecule has 19 heavy (non-hydrogen) atoms. The van der Waals surface area contributed by atoms with Crippen molar-refractivity contribution in [2.75, 3.05) is 13.1 Å². The van der Waals surface area contributed by atoms with E-state index in [1.807, 2.05) is 37.3 Å². The predicted molar refractivity (Wildman–Crippen MR) is 75.3 cm³/mol. The Morgan fingerprint density at radius 2 is 1.74 bits per heavy atom. The van der Waals surface area contributed by atoms with Crippen molar-refractivity contribution >= 4 is 20.8 Å². The fourth-order valence-electron chi connectivity index (χ4n) is 2.49. The summed E-state index contributed by atoms with van der Waals surface area (Å²) in [6.07, 6.45) is 0. The molecular weight excluding hydrogens is 260 g/mol. The van der Waals surface area contributed by atoms with Crippen LogP contribution in [0.2, 0.25) is 0 Å². The zero-order valence-corrected chi connectivity index (χ0v) is 11.5. The summed E-state index contributed by atoms with van der Waals surface area (Å²) in [5.74, 6) is 0. The van der Waals surface area contributed by atoms with Crippen molar-refractivity contribution < 1.29 is 8.42 Å². The minimum absolute atomic E-state index is 0.362. The van der Waals surface area contributed by atoms with Gasteiger partial charge in [-0.3, -0.25) is 0 Å². The number of sulfonamides is 1. The van der Waals surface area contributed by atoms with Crippen LogP contribution in [0.5, 0.6) is 0 Å². The van der Waals surface area contributed by atoms with Gasteiger partial charge in [0, 0.05) is 24.0 Å². The van der Waals surface area contributed by atoms with Gasteiger partial charge in [-0.25, -0.2) is 8.42 Å². The number of nitrogens with zero attached hydrogens (tertiary/aromatic N) is 1. The molecular formula is C14H16N2O2S. The maximum atomic E-state index is 12.6. The van der Waals surface area contributed by atoms with Crippen LogP contribution in [-0.4, -0.2) is 31.4 Å². The molecule has 1 aliphatic heterocycles. The van der Waals surface area contributed by atoms with Gasteiger partial charge in [0.2, 0.25) is 10.0 Å². The Morgan fingerprint density at radius 1 is 1.11 bits per heavy atom. The summed E-state index contributed by atoms with van der Waals surface area (Å²) >= 11 is 0. The lowest BCUT2D eigenvalue weighted by Crippen LogP contribution is -2.66. The lowest BCUT2D eigenvalue weighted by Gasteiger charge is -2.44. The highest BCUT2D eigenvalue weighted by molar-refractivity contribution is 7.89. The Kier molecular flexibility index (Phi) is 2.67. The lowest BCUT2D eigenvalue weighted by atomic mass is 9.97. The highest BCUT2D eigenvalue weighted by atomic mass is 32.2. The van der Waals surface area contributed by atoms with Crippen LogP contribution < -0.4 is 5.73 Å². The van der Waals surface area contributed by atoms with E-state index in [1.54, 1.807) is 12.1 Å². The van der Waals surface area contributed by atoms with Crippen molar-refractivity contribution in [3.8, 4) is 0 Å². The topological polar surface area (TPSA) is 63.4 Å². The predicted octanol–water partition coefficient (Wildman–Crippen LogP) is 1.56. The average molecular weight is 276 g/mol. The molecule has 100 valence electrons. The molecule has 1 saturated heterocycles. The second-order valence-corrected chi connectivity index (χ2v) is 7.31. The zero-order chi connectivity index (χ0) is 13.7. The molecule has 1 fully saturated rings. The molecule has 2 aromatic rings. The fraction of sp³-hybridized carbons (Fsp3) is 0.286. The number of fused-ring (bicyclic) bond motifs is 1. The van der Waals surface area contributed by atoms with Crippen molar-refractivity contribution in [3.05, 3.63) is 42.5 Å². The Labute approximate surface area is 112 Å². The minimum atomic E-state index is -3.45. The van der Waals surface area contributed by atoms with Crippen LogP contribution in [-0.2, 0) is 10.0 Å². The normalized spacial score (nSPS) is 19.3. The van der Waals surface area contributed by atoms with Gasteiger partial charge in [-0.1, -0.05) is 36.4 Å². The van der Waals surface area contributed by atoms with E-state index in [0.717, 1.165) is 10.8 Å². The van der Waals surface area contributed by atoms with Gasteiger partial charge in [0.05, 0.1) is 4.90 Å². The Bertz CT molecular complexity index is 725. The van der Waals surface area contributed by atoms with E-state index in [-0.39, 0.29) is 0 Å². The molecule has 0 saturated carbocycles. The third-order valence-electron chi connectivity index (χ3n) is 3.44. The fourth-order valence-corrected chi connectivity index (χ4v) is 4.41. The van der Waals surface area contributed by atoms with Gasteiger partial charge in [0.1, 0.15) is 0 Å². The number of benzene rings is 2. The van der Waals surface area contributed by atoms with E-state index in [4.69, 9.17) is 5.73 Å². The van der Waals surface area contributed by atoms with E-state index in [2.05, 4.69) is 0 Å². The van der Waals surface area contributed by atoms with Gasteiger partial charge < -0.3 is 5.73 Å². The Morgan fingerprint density at radius 3 is 2.42 bits per heavy atom. The standard InChI is InChI=1S/C14H16N2O2S/c1-14(15)9-16(10-14)19(17,18)13-8-4-6-11-5-2-3-7-12(11)13/h2-8H,9-10,15H2,1H3. The molecule has 0 aliphatic carbocycles. The smallest absolute Gasteiger partial charge is 0.243 e. The molecule has 3 rings (SSSR count). The summed E-state index contributed by atoms with van der Waals surface area (Å²) in [6.45, 7) is 2.61. The summed E-state index contributed by atoms with van der Waals surface area (Å²) in [5.41, 5.74) is 5.49. The first-order chi connectivity index (χ1) is 8.90. The van der Waals surface area contributed by atoms with E-state index in [0.29, 0.717) is 18.0 Å². The van der Waals surface area contributed by atoms with Crippen molar-refractivity contribution in [1.29, 1.82) is 0 Å². The summed E-state index contributed by atoms with van der Waals surface area (Å²) in [6, 6.07) is 12.9. The number of hydrogen-bond acceptors (Lipinski definition) is 3. The maximum Gasteiger partial charge on any atom is 0.243 e.